The fourth-order valence-electron chi connectivity index (χ4n) is 2.78. The summed E-state index contributed by atoms with van der Waals surface area (Å²) in [6.07, 6.45) is -2.21. The van der Waals surface area contributed by atoms with Crippen LogP contribution in [0.5, 0.6) is 0 Å². The van der Waals surface area contributed by atoms with E-state index in [2.05, 4.69) is 10.3 Å². The van der Waals surface area contributed by atoms with Crippen LogP contribution in [0.15, 0.2) is 41.4 Å². The fraction of sp³-hybridized carbons (Fsp3) is 0.312. The fourth-order valence-corrected chi connectivity index (χ4v) is 3.45. The number of aromatic nitrogens is 1. The first-order chi connectivity index (χ1) is 12.0. The number of anilines is 1. The third-order valence-electron chi connectivity index (χ3n) is 4.36. The van der Waals surface area contributed by atoms with E-state index < -0.39 is 33.0 Å². The van der Waals surface area contributed by atoms with Crippen molar-refractivity contribution in [2.75, 3.05) is 11.9 Å². The number of nitrogens with one attached hydrogen (secondary N) is 1. The summed E-state index contributed by atoms with van der Waals surface area (Å²) in [6, 6.07) is 5.12. The van der Waals surface area contributed by atoms with Crippen LogP contribution in [-0.2, 0) is 21.6 Å². The second-order valence-electron chi connectivity index (χ2n) is 6.26. The number of hydrogen-bond donors (Lipinski definition) is 2. The highest BCUT2D eigenvalue weighted by Crippen LogP contribution is 2.49. The highest BCUT2D eigenvalue weighted by atomic mass is 32.2. The summed E-state index contributed by atoms with van der Waals surface area (Å²) in [5, 5.41) is 7.95. The zero-order valence-electron chi connectivity index (χ0n) is 13.3. The van der Waals surface area contributed by atoms with E-state index in [1.54, 1.807) is 0 Å². The zero-order valence-corrected chi connectivity index (χ0v) is 14.2. The van der Waals surface area contributed by atoms with Crippen molar-refractivity contribution in [3.8, 4) is 0 Å². The molecule has 1 aromatic carbocycles. The number of nitrogens with zero attached hydrogens (tertiary/aromatic N) is 1. The molecular formula is C16H15F4N3O2S. The van der Waals surface area contributed by atoms with Gasteiger partial charge in [0.2, 0.25) is 10.0 Å². The van der Waals surface area contributed by atoms with Crippen LogP contribution in [0.25, 0.3) is 0 Å². The van der Waals surface area contributed by atoms with Gasteiger partial charge in [-0.1, -0.05) is 0 Å². The van der Waals surface area contributed by atoms with Gasteiger partial charge in [0.05, 0.1) is 5.56 Å². The molecule has 1 heterocycles. The monoisotopic (exact) mass is 389 g/mol. The minimum atomic E-state index is -4.65. The third kappa shape index (κ3) is 3.80. The van der Waals surface area contributed by atoms with E-state index in [1.807, 2.05) is 0 Å². The van der Waals surface area contributed by atoms with Crippen LogP contribution in [-0.4, -0.2) is 19.9 Å². The van der Waals surface area contributed by atoms with Crippen molar-refractivity contribution in [1.29, 1.82) is 0 Å². The van der Waals surface area contributed by atoms with Gasteiger partial charge in [0.15, 0.2) is 0 Å². The maximum atomic E-state index is 13.7. The number of hydrogen-bond acceptors (Lipinski definition) is 4. The number of primary sulfonamides is 1. The predicted molar refractivity (Wildman–Crippen MR) is 86.4 cm³/mol. The van der Waals surface area contributed by atoms with Gasteiger partial charge in [-0.05, 0) is 48.7 Å². The first-order valence-electron chi connectivity index (χ1n) is 7.61. The minimum Gasteiger partial charge on any atom is -0.368 e. The molecule has 1 aromatic heterocycles. The molecular weight excluding hydrogens is 374 g/mol. The summed E-state index contributed by atoms with van der Waals surface area (Å²) in [5.41, 5.74) is -1.55. The molecule has 26 heavy (non-hydrogen) atoms. The van der Waals surface area contributed by atoms with Crippen molar-refractivity contribution in [1.82, 2.24) is 4.98 Å². The van der Waals surface area contributed by atoms with Crippen molar-refractivity contribution in [3.05, 3.63) is 53.5 Å². The van der Waals surface area contributed by atoms with Crippen molar-refractivity contribution >= 4 is 15.8 Å². The zero-order chi connectivity index (χ0) is 19.2. The second kappa shape index (κ2) is 6.20. The van der Waals surface area contributed by atoms with Crippen LogP contribution in [0.2, 0.25) is 0 Å². The Bertz CT molecular complexity index is 941. The van der Waals surface area contributed by atoms with Gasteiger partial charge in [0.25, 0.3) is 0 Å². The average molecular weight is 389 g/mol. The summed E-state index contributed by atoms with van der Waals surface area (Å²) in [5.74, 6) is -0.960. The van der Waals surface area contributed by atoms with Gasteiger partial charge in [-0.25, -0.2) is 22.9 Å². The molecule has 3 rings (SSSR count). The Kier molecular flexibility index (Phi) is 4.43. The number of rotatable bonds is 5. The largest absolute Gasteiger partial charge is 0.416 e. The number of benzene rings is 1. The molecule has 0 saturated heterocycles. The van der Waals surface area contributed by atoms with Gasteiger partial charge in [0, 0.05) is 18.2 Å². The van der Waals surface area contributed by atoms with Gasteiger partial charge >= 0.3 is 6.18 Å². The quantitative estimate of drug-likeness (QED) is 0.770. The van der Waals surface area contributed by atoms with Crippen molar-refractivity contribution in [2.24, 2.45) is 5.14 Å². The van der Waals surface area contributed by atoms with Gasteiger partial charge in [-0.2, -0.15) is 13.2 Å². The van der Waals surface area contributed by atoms with Crippen LogP contribution in [0.3, 0.4) is 0 Å². The molecule has 1 aliphatic rings. The maximum absolute atomic E-state index is 13.7. The molecule has 1 saturated carbocycles. The van der Waals surface area contributed by atoms with Crippen molar-refractivity contribution in [2.45, 2.75) is 29.3 Å². The van der Waals surface area contributed by atoms with E-state index in [0.29, 0.717) is 18.9 Å². The van der Waals surface area contributed by atoms with Crippen LogP contribution in [0.4, 0.5) is 23.4 Å². The predicted octanol–water partition coefficient (Wildman–Crippen LogP) is 3.03. The highest BCUT2D eigenvalue weighted by molar-refractivity contribution is 7.89. The lowest BCUT2D eigenvalue weighted by molar-refractivity contribution is -0.137. The van der Waals surface area contributed by atoms with Gasteiger partial charge in [-0.3, -0.25) is 0 Å². The Morgan fingerprint density at radius 3 is 2.50 bits per heavy atom. The Balaban J connectivity index is 1.88. The molecule has 0 amide bonds. The maximum Gasteiger partial charge on any atom is 0.416 e. The number of halogens is 4. The molecule has 2 aromatic rings. The average Bonchev–Trinajstić information content (AvgIpc) is 3.32. The van der Waals surface area contributed by atoms with Gasteiger partial charge < -0.3 is 5.32 Å². The van der Waals surface area contributed by atoms with Crippen molar-refractivity contribution < 1.29 is 26.0 Å². The van der Waals surface area contributed by atoms with E-state index >= 15 is 0 Å². The molecule has 0 atom stereocenters. The van der Waals surface area contributed by atoms with Crippen molar-refractivity contribution in [3.63, 3.8) is 0 Å². The lowest BCUT2D eigenvalue weighted by atomic mass is 9.94. The molecule has 1 aliphatic carbocycles. The first-order valence-corrected chi connectivity index (χ1v) is 9.16. The van der Waals surface area contributed by atoms with Gasteiger partial charge in [0.1, 0.15) is 16.5 Å². The SMILES string of the molecule is NS(=O)(=O)c1cccnc1NCC1(c2cc(F)cc(C(F)(F)F)c2)CC1. The highest BCUT2D eigenvalue weighted by Gasteiger charge is 2.45. The van der Waals surface area contributed by atoms with Crippen LogP contribution in [0, 0.1) is 5.82 Å². The standard InChI is InChI=1S/C16H15F4N3O2S/c17-12-7-10(6-11(8-12)16(18,19)20)15(3-4-15)9-23-14-13(26(21,24)25)2-1-5-22-14/h1-2,5-8H,3-4,9H2,(H,22,23)(H2,21,24,25). The Hall–Kier alpha value is -2.20. The molecule has 0 radical (unpaired) electrons. The third-order valence-corrected chi connectivity index (χ3v) is 5.30. The lowest BCUT2D eigenvalue weighted by Crippen LogP contribution is -2.23. The first kappa shape index (κ1) is 18.6. The molecule has 0 spiro atoms. The molecule has 0 bridgehead atoms. The molecule has 3 N–H and O–H groups in total. The second-order valence-corrected chi connectivity index (χ2v) is 7.79. The van der Waals surface area contributed by atoms with Gasteiger partial charge in [-0.15, -0.1) is 0 Å². The molecule has 10 heteroatoms. The Morgan fingerprint density at radius 1 is 1.23 bits per heavy atom. The molecule has 0 unspecified atom stereocenters. The van der Waals surface area contributed by atoms with Crippen LogP contribution >= 0.6 is 0 Å². The molecule has 140 valence electrons. The Morgan fingerprint density at radius 2 is 1.92 bits per heavy atom. The number of sulfonamides is 1. The van der Waals surface area contributed by atoms with Crippen LogP contribution < -0.4 is 10.5 Å². The minimum absolute atomic E-state index is 0.00808. The summed E-state index contributed by atoms with van der Waals surface area (Å²) in [7, 11) is -4.01. The Labute approximate surface area is 147 Å². The number of pyridine rings is 1. The van der Waals surface area contributed by atoms with Crippen LogP contribution in [0.1, 0.15) is 24.0 Å². The molecule has 5 nitrogen and oxygen atoms in total. The van der Waals surface area contributed by atoms with E-state index in [1.165, 1.54) is 18.3 Å². The summed E-state index contributed by atoms with van der Waals surface area (Å²) >= 11 is 0. The normalized spacial score (nSPS) is 16.3. The molecule has 1 fully saturated rings. The molecule has 0 aliphatic heterocycles. The van der Waals surface area contributed by atoms with E-state index in [0.717, 1.165) is 12.1 Å². The summed E-state index contributed by atoms with van der Waals surface area (Å²) < 4.78 is 75.6. The number of alkyl halides is 3. The lowest BCUT2D eigenvalue weighted by Gasteiger charge is -2.19. The smallest absolute Gasteiger partial charge is 0.368 e. The number of nitrogens with two attached hydrogens (primary N) is 1. The van der Waals surface area contributed by atoms with E-state index in [4.69, 9.17) is 5.14 Å². The summed E-state index contributed by atoms with van der Waals surface area (Å²) in [6.45, 7) is 0.104. The topological polar surface area (TPSA) is 85.1 Å². The van der Waals surface area contributed by atoms with E-state index in [9.17, 15) is 26.0 Å². The van der Waals surface area contributed by atoms with E-state index in [-0.39, 0.29) is 22.8 Å². The summed E-state index contributed by atoms with van der Waals surface area (Å²) in [4.78, 5) is 3.70.